The van der Waals surface area contributed by atoms with Crippen LogP contribution in [0.15, 0.2) is 35.9 Å². The van der Waals surface area contributed by atoms with Gasteiger partial charge in [-0.3, -0.25) is 4.98 Å². The molecular weight excluding hydrogens is 294 g/mol. The lowest BCUT2D eigenvalue weighted by Crippen LogP contribution is -2.13. The van der Waals surface area contributed by atoms with Crippen LogP contribution in [0.4, 0.5) is 0 Å². The third-order valence-electron chi connectivity index (χ3n) is 3.51. The van der Waals surface area contributed by atoms with Crippen LogP contribution in [0.5, 0.6) is 0 Å². The molecule has 5 heteroatoms. The topological polar surface area (TPSA) is 76.5 Å². The highest BCUT2D eigenvalue weighted by molar-refractivity contribution is 6.23. The van der Waals surface area contributed by atoms with Crippen molar-refractivity contribution in [1.82, 2.24) is 4.98 Å². The van der Waals surface area contributed by atoms with E-state index in [1.54, 1.807) is 32.0 Å². The Balaban J connectivity index is 2.66. The molecule has 0 unspecified atom stereocenters. The van der Waals surface area contributed by atoms with Gasteiger partial charge in [0.25, 0.3) is 0 Å². The highest BCUT2D eigenvalue weighted by atomic mass is 16.5. The summed E-state index contributed by atoms with van der Waals surface area (Å²) in [5, 5.41) is 10.2. The van der Waals surface area contributed by atoms with Crippen LogP contribution in [0.1, 0.15) is 31.5 Å². The fourth-order valence-corrected chi connectivity index (χ4v) is 2.44. The molecule has 0 fully saturated rings. The maximum absolute atomic E-state index is 12.3. The minimum Gasteiger partial charge on any atom is -0.478 e. The zero-order valence-corrected chi connectivity index (χ0v) is 13.4. The Bertz CT molecular complexity index is 793. The molecular formula is C18H19NO4. The Kier molecular flexibility index (Phi) is 5.11. The van der Waals surface area contributed by atoms with Crippen LogP contribution in [-0.2, 0) is 14.3 Å². The van der Waals surface area contributed by atoms with Crippen molar-refractivity contribution in [2.45, 2.75) is 27.2 Å². The summed E-state index contributed by atoms with van der Waals surface area (Å²) in [6.45, 7) is 5.48. The lowest BCUT2D eigenvalue weighted by molar-refractivity contribution is -0.137. The van der Waals surface area contributed by atoms with E-state index >= 15 is 0 Å². The summed E-state index contributed by atoms with van der Waals surface area (Å²) in [7, 11) is 0. The Hall–Kier alpha value is -2.69. The van der Waals surface area contributed by atoms with E-state index in [-0.39, 0.29) is 24.2 Å². The molecule has 0 amide bonds. The van der Waals surface area contributed by atoms with Crippen molar-refractivity contribution >= 4 is 28.4 Å². The molecule has 1 N–H and O–H groups in total. The summed E-state index contributed by atoms with van der Waals surface area (Å²) in [5.74, 6) is -1.73. The van der Waals surface area contributed by atoms with Gasteiger partial charge in [0.2, 0.25) is 0 Å². The summed E-state index contributed by atoms with van der Waals surface area (Å²) in [4.78, 5) is 28.2. The average Bonchev–Trinajstić information content (AvgIpc) is 2.51. The fourth-order valence-electron chi connectivity index (χ4n) is 2.44. The summed E-state index contributed by atoms with van der Waals surface area (Å²) >= 11 is 0. The van der Waals surface area contributed by atoms with Crippen molar-refractivity contribution in [2.24, 2.45) is 0 Å². The molecule has 0 atom stereocenters. The van der Waals surface area contributed by atoms with E-state index in [2.05, 4.69) is 4.98 Å². The van der Waals surface area contributed by atoms with Crippen molar-refractivity contribution in [3.8, 4) is 0 Å². The number of carbonyl (C=O) groups is 2. The van der Waals surface area contributed by atoms with Gasteiger partial charge in [-0.25, -0.2) is 9.59 Å². The second kappa shape index (κ2) is 7.05. The van der Waals surface area contributed by atoms with Crippen molar-refractivity contribution in [2.75, 3.05) is 6.61 Å². The van der Waals surface area contributed by atoms with Crippen LogP contribution >= 0.6 is 0 Å². The van der Waals surface area contributed by atoms with Crippen LogP contribution in [0, 0.1) is 6.92 Å². The van der Waals surface area contributed by atoms with Gasteiger partial charge in [0.05, 0.1) is 23.3 Å². The molecule has 1 heterocycles. The molecule has 120 valence electrons. The van der Waals surface area contributed by atoms with E-state index in [0.29, 0.717) is 5.56 Å². The molecule has 1 aromatic heterocycles. The van der Waals surface area contributed by atoms with E-state index in [0.717, 1.165) is 16.6 Å². The number of rotatable bonds is 5. The second-order valence-electron chi connectivity index (χ2n) is 5.09. The molecule has 0 radical (unpaired) electrons. The van der Waals surface area contributed by atoms with Gasteiger partial charge in [0.1, 0.15) is 0 Å². The second-order valence-corrected chi connectivity index (χ2v) is 5.09. The predicted molar refractivity (Wildman–Crippen MR) is 88.0 cm³/mol. The number of aliphatic carboxylic acids is 1. The van der Waals surface area contributed by atoms with Gasteiger partial charge in [-0.1, -0.05) is 19.1 Å². The number of carbonyl (C=O) groups excluding carboxylic acids is 1. The van der Waals surface area contributed by atoms with Crippen LogP contribution in [0.25, 0.3) is 16.5 Å². The lowest BCUT2D eigenvalue weighted by Gasteiger charge is -2.12. The number of ether oxygens (including phenoxy) is 1. The molecule has 0 aliphatic rings. The fraction of sp³-hybridized carbons (Fsp3) is 0.278. The largest absolute Gasteiger partial charge is 0.478 e. The van der Waals surface area contributed by atoms with Gasteiger partial charge < -0.3 is 9.84 Å². The minimum absolute atomic E-state index is 0.0443. The number of esters is 1. The van der Waals surface area contributed by atoms with Crippen molar-refractivity contribution in [3.05, 3.63) is 47.2 Å². The van der Waals surface area contributed by atoms with Gasteiger partial charge in [-0.2, -0.15) is 0 Å². The molecule has 23 heavy (non-hydrogen) atoms. The number of fused-ring (bicyclic) bond motifs is 1. The molecule has 0 saturated carbocycles. The third kappa shape index (κ3) is 3.56. The summed E-state index contributed by atoms with van der Waals surface area (Å²) in [6.07, 6.45) is 0.230. The average molecular weight is 313 g/mol. The SMILES string of the molecule is CCOC(=O)C(=C(CC)C(=O)O)c1ccc2nc(C)ccc2c1. The van der Waals surface area contributed by atoms with Crippen molar-refractivity contribution in [1.29, 1.82) is 0 Å². The first-order chi connectivity index (χ1) is 11.0. The zero-order valence-electron chi connectivity index (χ0n) is 13.4. The summed E-state index contributed by atoms with van der Waals surface area (Å²) in [5.41, 5.74) is 2.37. The van der Waals surface area contributed by atoms with Crippen LogP contribution in [0.3, 0.4) is 0 Å². The molecule has 0 saturated heterocycles. The van der Waals surface area contributed by atoms with Crippen LogP contribution in [0.2, 0.25) is 0 Å². The molecule has 2 rings (SSSR count). The maximum atomic E-state index is 12.3. The molecule has 5 nitrogen and oxygen atoms in total. The Labute approximate surface area is 134 Å². The van der Waals surface area contributed by atoms with Gasteiger partial charge in [0, 0.05) is 11.1 Å². The Morgan fingerprint density at radius 3 is 2.52 bits per heavy atom. The van der Waals surface area contributed by atoms with E-state index in [4.69, 9.17) is 4.74 Å². The molecule has 0 spiro atoms. The van der Waals surface area contributed by atoms with Crippen LogP contribution in [-0.4, -0.2) is 28.6 Å². The molecule has 2 aromatic rings. The number of pyridine rings is 1. The summed E-state index contributed by atoms with van der Waals surface area (Å²) < 4.78 is 5.05. The first kappa shape index (κ1) is 16.7. The number of benzene rings is 1. The van der Waals surface area contributed by atoms with Gasteiger partial charge in [0.15, 0.2) is 0 Å². The smallest absolute Gasteiger partial charge is 0.339 e. The monoisotopic (exact) mass is 313 g/mol. The molecule has 0 aliphatic carbocycles. The van der Waals surface area contributed by atoms with Gasteiger partial charge in [-0.05, 0) is 44.0 Å². The van der Waals surface area contributed by atoms with E-state index in [1.165, 1.54) is 0 Å². The number of carboxylic acids is 1. The highest BCUT2D eigenvalue weighted by Gasteiger charge is 2.22. The molecule has 1 aromatic carbocycles. The number of carboxylic acid groups (broad SMARTS) is 1. The first-order valence-electron chi connectivity index (χ1n) is 7.49. The predicted octanol–water partition coefficient (Wildman–Crippen LogP) is 3.35. The molecule has 0 aliphatic heterocycles. The van der Waals surface area contributed by atoms with Crippen LogP contribution < -0.4 is 0 Å². The summed E-state index contributed by atoms with van der Waals surface area (Å²) in [6, 6.07) is 9.03. The van der Waals surface area contributed by atoms with Gasteiger partial charge >= 0.3 is 11.9 Å². The lowest BCUT2D eigenvalue weighted by atomic mass is 9.96. The normalized spacial score (nSPS) is 12.0. The first-order valence-corrected chi connectivity index (χ1v) is 7.49. The zero-order chi connectivity index (χ0) is 17.0. The van der Waals surface area contributed by atoms with E-state index < -0.39 is 11.9 Å². The Morgan fingerprint density at radius 1 is 1.17 bits per heavy atom. The molecule has 0 bridgehead atoms. The highest BCUT2D eigenvalue weighted by Crippen LogP contribution is 2.26. The number of aryl methyl sites for hydroxylation is 1. The van der Waals surface area contributed by atoms with E-state index in [1.807, 2.05) is 19.1 Å². The minimum atomic E-state index is -1.11. The quantitative estimate of drug-likeness (QED) is 0.676. The number of hydrogen-bond acceptors (Lipinski definition) is 4. The number of nitrogens with zero attached hydrogens (tertiary/aromatic N) is 1. The van der Waals surface area contributed by atoms with Gasteiger partial charge in [-0.15, -0.1) is 0 Å². The maximum Gasteiger partial charge on any atom is 0.339 e. The van der Waals surface area contributed by atoms with E-state index in [9.17, 15) is 14.7 Å². The number of hydrogen-bond donors (Lipinski definition) is 1. The number of aromatic nitrogens is 1. The van der Waals surface area contributed by atoms with Crippen molar-refractivity contribution < 1.29 is 19.4 Å². The van der Waals surface area contributed by atoms with Crippen molar-refractivity contribution in [3.63, 3.8) is 0 Å². The Morgan fingerprint density at radius 2 is 1.91 bits per heavy atom. The standard InChI is InChI=1S/C18H19NO4/c1-4-14(17(20)21)16(18(22)23-5-2)13-8-9-15-12(10-13)7-6-11(3)19-15/h6-10H,4-5H2,1-3H3,(H,20,21). The third-order valence-corrected chi connectivity index (χ3v) is 3.51.